The Morgan fingerprint density at radius 2 is 2.05 bits per heavy atom. The fourth-order valence-corrected chi connectivity index (χ4v) is 4.23. The van der Waals surface area contributed by atoms with Crippen LogP contribution in [0.3, 0.4) is 0 Å². The van der Waals surface area contributed by atoms with Crippen LogP contribution in [-0.2, 0) is 16.8 Å². The van der Waals surface area contributed by atoms with E-state index in [9.17, 15) is 4.79 Å². The maximum absolute atomic E-state index is 12.6. The molecule has 2 aliphatic heterocycles. The fraction of sp³-hybridized carbons (Fsp3) is 0.562. The Kier molecular flexibility index (Phi) is 2.46. The quantitative estimate of drug-likeness (QED) is 0.772. The molecular weight excluding hydrogens is 236 g/mol. The molecule has 2 heterocycles. The molecule has 19 heavy (non-hydrogen) atoms. The predicted octanol–water partition coefficient (Wildman–Crippen LogP) is 2.34. The Balaban J connectivity index is 1.94. The Morgan fingerprint density at radius 3 is 2.89 bits per heavy atom. The normalized spacial score (nSPS) is 24.4. The van der Waals surface area contributed by atoms with E-state index < -0.39 is 0 Å². The number of hydrogen-bond acceptors (Lipinski definition) is 2. The molecule has 1 amide bonds. The van der Waals surface area contributed by atoms with Crippen molar-refractivity contribution in [2.75, 3.05) is 18.0 Å². The predicted molar refractivity (Wildman–Crippen MR) is 75.3 cm³/mol. The summed E-state index contributed by atoms with van der Waals surface area (Å²) in [5.74, 6) is 0.338. The van der Waals surface area contributed by atoms with Gasteiger partial charge in [0.05, 0.1) is 5.69 Å². The van der Waals surface area contributed by atoms with Gasteiger partial charge < -0.3 is 10.2 Å². The molecule has 0 radical (unpaired) electrons. The van der Waals surface area contributed by atoms with Crippen molar-refractivity contribution in [3.05, 3.63) is 29.3 Å². The maximum Gasteiger partial charge on any atom is 0.227 e. The number of rotatable bonds is 0. The minimum atomic E-state index is 0.156. The minimum Gasteiger partial charge on any atom is -0.311 e. The van der Waals surface area contributed by atoms with Gasteiger partial charge in [0.25, 0.3) is 0 Å². The third-order valence-corrected chi connectivity index (χ3v) is 5.14. The van der Waals surface area contributed by atoms with E-state index in [4.69, 9.17) is 0 Å². The highest BCUT2D eigenvalue weighted by Crippen LogP contribution is 2.51. The smallest absolute Gasteiger partial charge is 0.227 e. The van der Waals surface area contributed by atoms with E-state index in [1.807, 2.05) is 4.90 Å². The van der Waals surface area contributed by atoms with Crippen LogP contribution in [0.25, 0.3) is 0 Å². The van der Waals surface area contributed by atoms with Crippen LogP contribution >= 0.6 is 0 Å². The first-order chi connectivity index (χ1) is 9.30. The van der Waals surface area contributed by atoms with Crippen molar-refractivity contribution in [1.29, 1.82) is 0 Å². The van der Waals surface area contributed by atoms with Gasteiger partial charge in [-0.1, -0.05) is 31.0 Å². The first-order valence-electron chi connectivity index (χ1n) is 7.44. The van der Waals surface area contributed by atoms with Gasteiger partial charge in [0.2, 0.25) is 5.91 Å². The monoisotopic (exact) mass is 256 g/mol. The van der Waals surface area contributed by atoms with Crippen LogP contribution in [0.15, 0.2) is 18.2 Å². The van der Waals surface area contributed by atoms with Crippen molar-refractivity contribution in [1.82, 2.24) is 5.32 Å². The number of nitrogens with zero attached hydrogens (tertiary/aromatic N) is 1. The Bertz CT molecular complexity index is 532. The third kappa shape index (κ3) is 1.57. The van der Waals surface area contributed by atoms with Crippen molar-refractivity contribution >= 4 is 11.6 Å². The second-order valence-corrected chi connectivity index (χ2v) is 6.20. The molecule has 0 bridgehead atoms. The van der Waals surface area contributed by atoms with Crippen LogP contribution in [0, 0.1) is 0 Å². The van der Waals surface area contributed by atoms with Gasteiger partial charge >= 0.3 is 0 Å². The third-order valence-electron chi connectivity index (χ3n) is 5.14. The van der Waals surface area contributed by atoms with Crippen molar-refractivity contribution < 1.29 is 4.79 Å². The topological polar surface area (TPSA) is 32.3 Å². The van der Waals surface area contributed by atoms with Gasteiger partial charge in [0, 0.05) is 31.5 Å². The molecule has 0 unspecified atom stereocenters. The highest BCUT2D eigenvalue weighted by molar-refractivity contribution is 5.99. The molecule has 0 saturated heterocycles. The lowest BCUT2D eigenvalue weighted by Crippen LogP contribution is -2.44. The van der Waals surface area contributed by atoms with Crippen molar-refractivity contribution in [2.24, 2.45) is 0 Å². The number of carbonyl (C=O) groups is 1. The van der Waals surface area contributed by atoms with Gasteiger partial charge in [0.15, 0.2) is 0 Å². The standard InChI is InChI=1S/C16H20N2O/c19-14-10-16(6-1-2-7-16)13-5-3-4-12-11-17-8-9-18(14)15(12)13/h3-5,17H,1-2,6-11H2. The summed E-state index contributed by atoms with van der Waals surface area (Å²) < 4.78 is 0. The average Bonchev–Trinajstić information content (AvgIpc) is 2.76. The molecule has 100 valence electrons. The summed E-state index contributed by atoms with van der Waals surface area (Å²) in [4.78, 5) is 14.6. The van der Waals surface area contributed by atoms with E-state index in [0.717, 1.165) is 26.1 Å². The van der Waals surface area contributed by atoms with Crippen LogP contribution in [0.2, 0.25) is 0 Å². The molecule has 3 nitrogen and oxygen atoms in total. The second kappa shape index (κ2) is 4.07. The van der Waals surface area contributed by atoms with Gasteiger partial charge in [-0.05, 0) is 24.0 Å². The van der Waals surface area contributed by atoms with Gasteiger partial charge in [-0.15, -0.1) is 0 Å². The van der Waals surface area contributed by atoms with Gasteiger partial charge in [-0.3, -0.25) is 4.79 Å². The molecule has 1 saturated carbocycles. The van der Waals surface area contributed by atoms with Crippen LogP contribution in [-0.4, -0.2) is 19.0 Å². The van der Waals surface area contributed by atoms with Crippen LogP contribution in [0.5, 0.6) is 0 Å². The zero-order valence-corrected chi connectivity index (χ0v) is 11.2. The number of anilines is 1. The highest BCUT2D eigenvalue weighted by atomic mass is 16.2. The molecule has 0 atom stereocenters. The van der Waals surface area contributed by atoms with E-state index in [0.29, 0.717) is 5.91 Å². The summed E-state index contributed by atoms with van der Waals surface area (Å²) in [6.07, 6.45) is 5.65. The number of fused-ring (bicyclic) bond motifs is 1. The molecule has 1 spiro atoms. The molecule has 3 aliphatic rings. The Labute approximate surface area is 114 Å². The van der Waals surface area contributed by atoms with E-state index in [1.165, 1.54) is 42.5 Å². The lowest BCUT2D eigenvalue weighted by Gasteiger charge is -2.41. The van der Waals surface area contributed by atoms with Crippen molar-refractivity contribution in [3.63, 3.8) is 0 Å². The zero-order valence-electron chi connectivity index (χ0n) is 11.2. The molecule has 1 aliphatic carbocycles. The number of amides is 1. The van der Waals surface area contributed by atoms with Crippen LogP contribution in [0.4, 0.5) is 5.69 Å². The SMILES string of the molecule is O=C1CC2(CCCC2)c2cccc3c2N1CCNC3. The summed E-state index contributed by atoms with van der Waals surface area (Å²) in [6.45, 7) is 2.61. The van der Waals surface area contributed by atoms with E-state index in [2.05, 4.69) is 23.5 Å². The first kappa shape index (κ1) is 11.5. The van der Waals surface area contributed by atoms with Crippen molar-refractivity contribution in [2.45, 2.75) is 44.1 Å². The zero-order chi connectivity index (χ0) is 12.9. The summed E-state index contributed by atoms with van der Waals surface area (Å²) in [7, 11) is 0. The molecule has 1 fully saturated rings. The number of benzene rings is 1. The number of nitrogens with one attached hydrogen (secondary N) is 1. The maximum atomic E-state index is 12.6. The van der Waals surface area contributed by atoms with Gasteiger partial charge in [-0.25, -0.2) is 0 Å². The van der Waals surface area contributed by atoms with E-state index >= 15 is 0 Å². The molecule has 1 aromatic rings. The van der Waals surface area contributed by atoms with Crippen molar-refractivity contribution in [3.8, 4) is 0 Å². The van der Waals surface area contributed by atoms with Crippen LogP contribution in [0.1, 0.15) is 43.2 Å². The number of carbonyl (C=O) groups excluding carboxylic acids is 1. The molecule has 1 aromatic carbocycles. The molecule has 1 N–H and O–H groups in total. The van der Waals surface area contributed by atoms with Gasteiger partial charge in [0.1, 0.15) is 0 Å². The molecule has 0 aromatic heterocycles. The number of para-hydroxylation sites is 1. The number of hydrogen-bond donors (Lipinski definition) is 1. The summed E-state index contributed by atoms with van der Waals surface area (Å²) in [5.41, 5.74) is 4.15. The Hall–Kier alpha value is -1.35. The summed E-state index contributed by atoms with van der Waals surface area (Å²) in [5, 5.41) is 3.43. The van der Waals surface area contributed by atoms with E-state index in [-0.39, 0.29) is 5.41 Å². The largest absolute Gasteiger partial charge is 0.311 e. The Morgan fingerprint density at radius 1 is 1.21 bits per heavy atom. The summed E-state index contributed by atoms with van der Waals surface area (Å²) in [6, 6.07) is 6.62. The summed E-state index contributed by atoms with van der Waals surface area (Å²) >= 11 is 0. The van der Waals surface area contributed by atoms with E-state index in [1.54, 1.807) is 0 Å². The average molecular weight is 256 g/mol. The minimum absolute atomic E-state index is 0.156. The first-order valence-corrected chi connectivity index (χ1v) is 7.44. The second-order valence-electron chi connectivity index (χ2n) is 6.20. The molecule has 3 heteroatoms. The molecular formula is C16H20N2O. The van der Waals surface area contributed by atoms with Gasteiger partial charge in [-0.2, -0.15) is 0 Å². The molecule has 4 rings (SSSR count). The van der Waals surface area contributed by atoms with Crippen LogP contribution < -0.4 is 10.2 Å². The fourth-order valence-electron chi connectivity index (χ4n) is 4.23. The lowest BCUT2D eigenvalue weighted by molar-refractivity contribution is -0.120. The lowest BCUT2D eigenvalue weighted by atomic mass is 9.72. The highest BCUT2D eigenvalue weighted by Gasteiger charge is 2.45.